The van der Waals surface area contributed by atoms with Crippen LogP contribution in [0.4, 0.5) is 0 Å². The van der Waals surface area contributed by atoms with E-state index in [-0.39, 0.29) is 0 Å². The minimum absolute atomic E-state index is 0.900. The Labute approximate surface area is 143 Å². The number of rotatable bonds is 5. The molecule has 1 aromatic heterocycles. The fourth-order valence-corrected chi connectivity index (χ4v) is 3.39. The molecule has 0 unspecified atom stereocenters. The van der Waals surface area contributed by atoms with Gasteiger partial charge >= 0.3 is 0 Å². The Morgan fingerprint density at radius 1 is 0.958 bits per heavy atom. The molecule has 0 spiro atoms. The summed E-state index contributed by atoms with van der Waals surface area (Å²) in [7, 11) is 0. The summed E-state index contributed by atoms with van der Waals surface area (Å²) >= 11 is 0. The van der Waals surface area contributed by atoms with E-state index in [9.17, 15) is 0 Å². The SMILES string of the molecule is C1=CCN(Cc2nc3cccc(CCc4ccccc4)c3[nH]2)CC1. The van der Waals surface area contributed by atoms with E-state index in [4.69, 9.17) is 4.98 Å². The fourth-order valence-electron chi connectivity index (χ4n) is 3.39. The minimum atomic E-state index is 0.900. The van der Waals surface area contributed by atoms with E-state index >= 15 is 0 Å². The average molecular weight is 317 g/mol. The summed E-state index contributed by atoms with van der Waals surface area (Å²) in [5.41, 5.74) is 5.03. The Hall–Kier alpha value is -2.39. The van der Waals surface area contributed by atoms with Crippen molar-refractivity contribution in [3.8, 4) is 0 Å². The molecule has 24 heavy (non-hydrogen) atoms. The predicted octanol–water partition coefficient (Wildman–Crippen LogP) is 4.11. The molecule has 0 saturated carbocycles. The molecule has 2 aromatic carbocycles. The van der Waals surface area contributed by atoms with E-state index < -0.39 is 0 Å². The van der Waals surface area contributed by atoms with Crippen LogP contribution in [0.5, 0.6) is 0 Å². The third kappa shape index (κ3) is 3.41. The molecule has 0 fully saturated rings. The molecule has 0 radical (unpaired) electrons. The highest BCUT2D eigenvalue weighted by atomic mass is 15.1. The summed E-state index contributed by atoms with van der Waals surface area (Å²) in [6.45, 7) is 3.05. The Kier molecular flexibility index (Phi) is 4.43. The van der Waals surface area contributed by atoms with Gasteiger partial charge in [0.25, 0.3) is 0 Å². The van der Waals surface area contributed by atoms with E-state index in [1.54, 1.807) is 0 Å². The summed E-state index contributed by atoms with van der Waals surface area (Å²) in [5, 5.41) is 0. The van der Waals surface area contributed by atoms with Gasteiger partial charge in [0.2, 0.25) is 0 Å². The Morgan fingerprint density at radius 3 is 2.71 bits per heavy atom. The molecule has 3 aromatic rings. The molecule has 0 bridgehead atoms. The summed E-state index contributed by atoms with van der Waals surface area (Å²) in [5.74, 6) is 1.08. The number of aromatic nitrogens is 2. The van der Waals surface area contributed by atoms with Crippen molar-refractivity contribution < 1.29 is 0 Å². The molecule has 0 atom stereocenters. The van der Waals surface area contributed by atoms with Crippen molar-refractivity contribution in [3.63, 3.8) is 0 Å². The number of imidazole rings is 1. The van der Waals surface area contributed by atoms with Gasteiger partial charge in [-0.1, -0.05) is 54.6 Å². The molecular weight excluding hydrogens is 294 g/mol. The monoisotopic (exact) mass is 317 g/mol. The topological polar surface area (TPSA) is 31.9 Å². The van der Waals surface area contributed by atoms with Gasteiger partial charge < -0.3 is 4.98 Å². The van der Waals surface area contributed by atoms with Gasteiger partial charge in [0.15, 0.2) is 0 Å². The number of aromatic amines is 1. The van der Waals surface area contributed by atoms with Crippen LogP contribution < -0.4 is 0 Å². The van der Waals surface area contributed by atoms with Crippen LogP contribution in [-0.4, -0.2) is 28.0 Å². The second-order valence-corrected chi connectivity index (χ2v) is 6.48. The van der Waals surface area contributed by atoms with Gasteiger partial charge in [-0.15, -0.1) is 0 Å². The number of nitrogens with zero attached hydrogens (tertiary/aromatic N) is 2. The first-order chi connectivity index (χ1) is 11.9. The fraction of sp³-hybridized carbons (Fsp3) is 0.286. The third-order valence-electron chi connectivity index (χ3n) is 4.69. The first kappa shape index (κ1) is 15.2. The summed E-state index contributed by atoms with van der Waals surface area (Å²) in [6, 6.07) is 17.1. The molecule has 122 valence electrons. The number of benzene rings is 2. The standard InChI is InChI=1S/C21H23N3/c1-3-8-17(9-4-1)12-13-18-10-7-11-19-21(18)23-20(22-19)16-24-14-5-2-6-15-24/h1-5,7-11H,6,12-16H2,(H,22,23). The molecular formula is C21H23N3. The lowest BCUT2D eigenvalue weighted by molar-refractivity contribution is 0.284. The van der Waals surface area contributed by atoms with Crippen LogP contribution in [-0.2, 0) is 19.4 Å². The van der Waals surface area contributed by atoms with Crippen LogP contribution in [0.15, 0.2) is 60.7 Å². The maximum Gasteiger partial charge on any atom is 0.121 e. The van der Waals surface area contributed by atoms with Crippen LogP contribution in [0.2, 0.25) is 0 Å². The van der Waals surface area contributed by atoms with Crippen molar-refractivity contribution in [1.82, 2.24) is 14.9 Å². The maximum absolute atomic E-state index is 4.80. The number of hydrogen-bond donors (Lipinski definition) is 1. The summed E-state index contributed by atoms with van der Waals surface area (Å²) in [6.07, 6.45) is 7.75. The molecule has 3 nitrogen and oxygen atoms in total. The normalized spacial score (nSPS) is 15.2. The van der Waals surface area contributed by atoms with Crippen molar-refractivity contribution in [1.29, 1.82) is 0 Å². The highest BCUT2D eigenvalue weighted by Gasteiger charge is 2.11. The zero-order valence-electron chi connectivity index (χ0n) is 13.9. The lowest BCUT2D eigenvalue weighted by Crippen LogP contribution is -2.27. The second-order valence-electron chi connectivity index (χ2n) is 6.48. The smallest absolute Gasteiger partial charge is 0.121 e. The Bertz CT molecular complexity index is 833. The maximum atomic E-state index is 4.80. The van der Waals surface area contributed by atoms with Gasteiger partial charge in [-0.3, -0.25) is 4.90 Å². The predicted molar refractivity (Wildman–Crippen MR) is 99.0 cm³/mol. The van der Waals surface area contributed by atoms with E-state index in [0.717, 1.165) is 50.2 Å². The van der Waals surface area contributed by atoms with Crippen molar-refractivity contribution in [2.45, 2.75) is 25.8 Å². The Morgan fingerprint density at radius 2 is 1.88 bits per heavy atom. The molecule has 0 amide bonds. The molecule has 2 heterocycles. The minimum Gasteiger partial charge on any atom is -0.341 e. The van der Waals surface area contributed by atoms with Crippen LogP contribution in [0.3, 0.4) is 0 Å². The van der Waals surface area contributed by atoms with E-state index in [1.807, 2.05) is 0 Å². The molecule has 1 aliphatic rings. The highest BCUT2D eigenvalue weighted by Crippen LogP contribution is 2.19. The van der Waals surface area contributed by atoms with Gasteiger partial charge in [0.05, 0.1) is 17.6 Å². The number of H-pyrrole nitrogens is 1. The third-order valence-corrected chi connectivity index (χ3v) is 4.69. The first-order valence-corrected chi connectivity index (χ1v) is 8.76. The van der Waals surface area contributed by atoms with Gasteiger partial charge in [-0.2, -0.15) is 0 Å². The number of hydrogen-bond acceptors (Lipinski definition) is 2. The molecule has 0 aliphatic carbocycles. The first-order valence-electron chi connectivity index (χ1n) is 8.76. The molecule has 1 aliphatic heterocycles. The highest BCUT2D eigenvalue weighted by molar-refractivity contribution is 5.78. The summed E-state index contributed by atoms with van der Waals surface area (Å²) < 4.78 is 0. The van der Waals surface area contributed by atoms with Gasteiger partial charge in [0, 0.05) is 13.1 Å². The van der Waals surface area contributed by atoms with E-state index in [1.165, 1.54) is 16.6 Å². The van der Waals surface area contributed by atoms with E-state index in [2.05, 4.69) is 70.6 Å². The van der Waals surface area contributed by atoms with Crippen molar-refractivity contribution in [3.05, 3.63) is 77.6 Å². The quantitative estimate of drug-likeness (QED) is 0.718. The number of fused-ring (bicyclic) bond motifs is 1. The van der Waals surface area contributed by atoms with Gasteiger partial charge in [-0.25, -0.2) is 4.98 Å². The number of para-hydroxylation sites is 1. The zero-order valence-corrected chi connectivity index (χ0v) is 13.9. The van der Waals surface area contributed by atoms with Crippen molar-refractivity contribution >= 4 is 11.0 Å². The van der Waals surface area contributed by atoms with Crippen molar-refractivity contribution in [2.24, 2.45) is 0 Å². The van der Waals surface area contributed by atoms with Gasteiger partial charge in [0.1, 0.15) is 5.82 Å². The van der Waals surface area contributed by atoms with Crippen LogP contribution in [0.25, 0.3) is 11.0 Å². The average Bonchev–Trinajstić information content (AvgIpc) is 3.04. The molecule has 3 heteroatoms. The van der Waals surface area contributed by atoms with Crippen LogP contribution >= 0.6 is 0 Å². The van der Waals surface area contributed by atoms with Crippen molar-refractivity contribution in [2.75, 3.05) is 13.1 Å². The zero-order chi connectivity index (χ0) is 16.2. The molecule has 0 saturated heterocycles. The lowest BCUT2D eigenvalue weighted by atomic mass is 10.0. The lowest BCUT2D eigenvalue weighted by Gasteiger charge is -2.21. The molecule has 1 N–H and O–H groups in total. The Balaban J connectivity index is 1.52. The molecule has 4 rings (SSSR count). The number of aryl methyl sites for hydroxylation is 2. The van der Waals surface area contributed by atoms with E-state index in [0.29, 0.717) is 0 Å². The van der Waals surface area contributed by atoms with Gasteiger partial charge in [-0.05, 0) is 36.5 Å². The van der Waals surface area contributed by atoms with Crippen LogP contribution in [0, 0.1) is 0 Å². The van der Waals surface area contributed by atoms with Crippen LogP contribution in [0.1, 0.15) is 23.4 Å². The summed E-state index contributed by atoms with van der Waals surface area (Å²) in [4.78, 5) is 10.8. The number of nitrogens with one attached hydrogen (secondary N) is 1. The largest absolute Gasteiger partial charge is 0.341 e. The second kappa shape index (κ2) is 7.02.